The number of hydrogen-bond acceptors (Lipinski definition) is 5. The van der Waals surface area contributed by atoms with Gasteiger partial charge in [0.2, 0.25) is 0 Å². The van der Waals surface area contributed by atoms with Crippen molar-refractivity contribution in [2.45, 2.75) is 0 Å². The van der Waals surface area contributed by atoms with Gasteiger partial charge < -0.3 is 14.8 Å². The normalized spacial score (nSPS) is 8.93. The summed E-state index contributed by atoms with van der Waals surface area (Å²) in [7, 11) is 2.99. The number of carbonyl (C=O) groups excluding carboxylic acids is 2. The molecule has 1 heterocycles. The molecule has 1 amide bonds. The number of carboxylic acids is 1. The van der Waals surface area contributed by atoms with Gasteiger partial charge in [-0.3, -0.25) is 9.78 Å². The van der Waals surface area contributed by atoms with E-state index in [1.807, 2.05) is 0 Å². The van der Waals surface area contributed by atoms with E-state index in [-0.39, 0.29) is 57.1 Å². The van der Waals surface area contributed by atoms with Crippen molar-refractivity contribution < 1.29 is 66.1 Å². The molecule has 0 aliphatic carbocycles. The van der Waals surface area contributed by atoms with Gasteiger partial charge >= 0.3 is 51.4 Å². The maximum absolute atomic E-state index is 11.4. The molecule has 6 nitrogen and oxygen atoms in total. The van der Waals surface area contributed by atoms with E-state index < -0.39 is 17.6 Å². The summed E-state index contributed by atoms with van der Waals surface area (Å²) in [4.78, 5) is 30.3. The summed E-state index contributed by atoms with van der Waals surface area (Å²) in [6.07, 6.45) is 2.45. The van der Waals surface area contributed by atoms with Gasteiger partial charge in [-0.15, -0.1) is 0 Å². The molecule has 1 aromatic heterocycles. The number of rotatable bonds is 2. The molecular weight excluding hydrogens is 225 g/mol. The van der Waals surface area contributed by atoms with Crippen molar-refractivity contribution in [1.29, 1.82) is 0 Å². The average Bonchev–Trinajstić information content (AvgIpc) is 2.16. The largest absolute Gasteiger partial charge is 1.00 e. The summed E-state index contributed by atoms with van der Waals surface area (Å²) in [6, 6.07) is 0. The second-order valence-electron chi connectivity index (χ2n) is 2.74. The third kappa shape index (κ3) is 3.61. The van der Waals surface area contributed by atoms with Gasteiger partial charge in [0.1, 0.15) is 5.69 Å². The second kappa shape index (κ2) is 6.28. The summed E-state index contributed by atoms with van der Waals surface area (Å²) >= 11 is 0. The minimum atomic E-state index is -1.51. The molecule has 15 heavy (non-hydrogen) atoms. The SMILES string of the molecule is CN(C)C(=O)c1nccnc1C(=O)[O-].[K+]. The Hall–Kier alpha value is -0.344. The molecule has 1 rings (SSSR count). The number of carbonyl (C=O) groups is 2. The number of carboxylic acid groups (broad SMARTS) is 1. The molecule has 0 bridgehead atoms. The van der Waals surface area contributed by atoms with Crippen molar-refractivity contribution in [2.24, 2.45) is 0 Å². The minimum Gasteiger partial charge on any atom is -0.543 e. The van der Waals surface area contributed by atoms with Crippen LogP contribution >= 0.6 is 0 Å². The topological polar surface area (TPSA) is 86.2 Å². The van der Waals surface area contributed by atoms with E-state index in [1.165, 1.54) is 31.4 Å². The molecule has 0 atom stereocenters. The Kier molecular flexibility index (Phi) is 6.14. The maximum Gasteiger partial charge on any atom is 1.00 e. The zero-order chi connectivity index (χ0) is 10.7. The van der Waals surface area contributed by atoms with Gasteiger partial charge in [-0.1, -0.05) is 0 Å². The van der Waals surface area contributed by atoms with Crippen LogP contribution in [0.25, 0.3) is 0 Å². The second-order valence-corrected chi connectivity index (χ2v) is 2.74. The molecule has 0 aliphatic rings. The Morgan fingerprint density at radius 1 is 1.20 bits per heavy atom. The van der Waals surface area contributed by atoms with Crippen LogP contribution in [-0.4, -0.2) is 40.8 Å². The number of aromatic nitrogens is 2. The van der Waals surface area contributed by atoms with Gasteiger partial charge in [-0.2, -0.15) is 0 Å². The minimum absolute atomic E-state index is 0. The van der Waals surface area contributed by atoms with Gasteiger partial charge in [-0.05, 0) is 0 Å². The smallest absolute Gasteiger partial charge is 0.543 e. The molecule has 0 aromatic carbocycles. The third-order valence-electron chi connectivity index (χ3n) is 1.50. The molecule has 0 saturated heterocycles. The van der Waals surface area contributed by atoms with Gasteiger partial charge in [0.05, 0.1) is 5.97 Å². The summed E-state index contributed by atoms with van der Waals surface area (Å²) in [6.45, 7) is 0. The Bertz CT molecular complexity index is 381. The Morgan fingerprint density at radius 2 is 1.67 bits per heavy atom. The first-order valence-electron chi connectivity index (χ1n) is 3.78. The molecule has 1 aromatic rings. The van der Waals surface area contributed by atoms with E-state index in [2.05, 4.69) is 9.97 Å². The molecule has 7 heteroatoms. The van der Waals surface area contributed by atoms with Crippen molar-refractivity contribution in [3.8, 4) is 0 Å². The molecule has 0 fully saturated rings. The van der Waals surface area contributed by atoms with E-state index in [9.17, 15) is 14.7 Å². The van der Waals surface area contributed by atoms with Crippen LogP contribution in [0.4, 0.5) is 0 Å². The third-order valence-corrected chi connectivity index (χ3v) is 1.50. The Labute approximate surface area is 129 Å². The van der Waals surface area contributed by atoms with E-state index in [1.54, 1.807) is 0 Å². The monoisotopic (exact) mass is 233 g/mol. The van der Waals surface area contributed by atoms with Crippen LogP contribution in [0.2, 0.25) is 0 Å². The molecule has 0 unspecified atom stereocenters. The number of nitrogens with zero attached hydrogens (tertiary/aromatic N) is 3. The maximum atomic E-state index is 11.4. The zero-order valence-electron chi connectivity index (χ0n) is 8.72. The number of hydrogen-bond donors (Lipinski definition) is 0. The first kappa shape index (κ1) is 14.7. The fourth-order valence-corrected chi connectivity index (χ4v) is 0.856. The fourth-order valence-electron chi connectivity index (χ4n) is 0.856. The quantitative estimate of drug-likeness (QED) is 0.481. The average molecular weight is 233 g/mol. The summed E-state index contributed by atoms with van der Waals surface area (Å²) in [5.74, 6) is -2.03. The predicted octanol–water partition coefficient (Wildman–Crippen LogP) is -4.45. The van der Waals surface area contributed by atoms with Crippen LogP contribution < -0.4 is 56.5 Å². The number of amides is 1. The van der Waals surface area contributed by atoms with Crippen LogP contribution in [0, 0.1) is 0 Å². The summed E-state index contributed by atoms with van der Waals surface area (Å²) in [5, 5.41) is 10.6. The molecule has 0 saturated carbocycles. The summed E-state index contributed by atoms with van der Waals surface area (Å²) < 4.78 is 0. The van der Waals surface area contributed by atoms with Crippen LogP contribution in [0.5, 0.6) is 0 Å². The van der Waals surface area contributed by atoms with E-state index in [0.29, 0.717) is 0 Å². The van der Waals surface area contributed by atoms with E-state index in [4.69, 9.17) is 0 Å². The number of aromatic carboxylic acids is 1. The standard InChI is InChI=1S/C8H9N3O3.K/c1-11(2)7(12)5-6(8(13)14)10-4-3-9-5;/h3-4H,1-2H3,(H,13,14);/q;+1/p-1. The van der Waals surface area contributed by atoms with Gasteiger partial charge in [0.25, 0.3) is 5.91 Å². The fraction of sp³-hybridized carbons (Fsp3) is 0.250. The Morgan fingerprint density at radius 3 is 2.07 bits per heavy atom. The van der Waals surface area contributed by atoms with Crippen molar-refractivity contribution in [2.75, 3.05) is 14.1 Å². The molecule has 0 N–H and O–H groups in total. The van der Waals surface area contributed by atoms with Crippen LogP contribution in [0.15, 0.2) is 12.4 Å². The molecule has 74 valence electrons. The first-order valence-corrected chi connectivity index (χ1v) is 3.78. The zero-order valence-corrected chi connectivity index (χ0v) is 11.8. The van der Waals surface area contributed by atoms with E-state index >= 15 is 0 Å². The van der Waals surface area contributed by atoms with Crippen molar-refractivity contribution >= 4 is 11.9 Å². The predicted molar refractivity (Wildman–Crippen MR) is 44.4 cm³/mol. The molecule has 0 spiro atoms. The van der Waals surface area contributed by atoms with Gasteiger partial charge in [0, 0.05) is 26.5 Å². The van der Waals surface area contributed by atoms with E-state index in [0.717, 1.165) is 0 Å². The summed E-state index contributed by atoms with van der Waals surface area (Å²) in [5.41, 5.74) is -0.649. The van der Waals surface area contributed by atoms with Crippen LogP contribution in [0.1, 0.15) is 21.0 Å². The van der Waals surface area contributed by atoms with Gasteiger partial charge in [0.15, 0.2) is 5.69 Å². The van der Waals surface area contributed by atoms with Crippen molar-refractivity contribution in [1.82, 2.24) is 14.9 Å². The Balaban J connectivity index is 0.00000196. The molecule has 0 radical (unpaired) electrons. The first-order chi connectivity index (χ1) is 6.54. The van der Waals surface area contributed by atoms with Crippen molar-refractivity contribution in [3.63, 3.8) is 0 Å². The molecule has 0 aliphatic heterocycles. The molecular formula is C8H8KN3O3. The van der Waals surface area contributed by atoms with Crippen LogP contribution in [0.3, 0.4) is 0 Å². The van der Waals surface area contributed by atoms with Gasteiger partial charge in [-0.25, -0.2) is 4.98 Å². The van der Waals surface area contributed by atoms with Crippen LogP contribution in [-0.2, 0) is 0 Å². The van der Waals surface area contributed by atoms with Crippen molar-refractivity contribution in [3.05, 3.63) is 23.8 Å².